The van der Waals surface area contributed by atoms with Gasteiger partial charge in [-0.25, -0.2) is 19.3 Å². The fourth-order valence-electron chi connectivity index (χ4n) is 2.64. The Morgan fingerprint density at radius 2 is 2.00 bits per heavy atom. The number of carbonyl (C=O) groups is 1. The molecule has 8 heteroatoms. The molecule has 0 aliphatic rings. The van der Waals surface area contributed by atoms with Gasteiger partial charge in [-0.2, -0.15) is 0 Å². The highest BCUT2D eigenvalue weighted by Gasteiger charge is 2.14. The third-order valence-corrected chi connectivity index (χ3v) is 3.93. The van der Waals surface area contributed by atoms with Crippen LogP contribution in [0.2, 0.25) is 0 Å². The molecule has 0 saturated carbocycles. The Balaban J connectivity index is 1.72. The molecule has 25 heavy (non-hydrogen) atoms. The third-order valence-electron chi connectivity index (χ3n) is 3.93. The predicted octanol–water partition coefficient (Wildman–Crippen LogP) is 2.19. The number of benzene rings is 1. The minimum absolute atomic E-state index is 0.0188. The first-order chi connectivity index (χ1) is 12.2. The van der Waals surface area contributed by atoms with Crippen molar-refractivity contribution >= 4 is 22.6 Å². The van der Waals surface area contributed by atoms with E-state index >= 15 is 0 Å². The average molecular weight is 336 g/mol. The molecular formula is C17H13FN6O. The summed E-state index contributed by atoms with van der Waals surface area (Å²) < 4.78 is 14.8. The van der Waals surface area contributed by atoms with Crippen LogP contribution in [0.1, 0.15) is 28.8 Å². The van der Waals surface area contributed by atoms with Crippen LogP contribution in [0.5, 0.6) is 0 Å². The summed E-state index contributed by atoms with van der Waals surface area (Å²) in [6, 6.07) is 5.42. The van der Waals surface area contributed by atoms with Crippen LogP contribution in [0, 0.1) is 5.82 Å². The normalized spacial score (nSPS) is 11.3. The maximum absolute atomic E-state index is 13.0. The molecule has 7 nitrogen and oxygen atoms in total. The zero-order valence-corrected chi connectivity index (χ0v) is 13.3. The summed E-state index contributed by atoms with van der Waals surface area (Å²) in [7, 11) is 0. The Labute approximate surface area is 141 Å². The summed E-state index contributed by atoms with van der Waals surface area (Å²) in [4.78, 5) is 25.5. The molecule has 0 bridgehead atoms. The summed E-state index contributed by atoms with van der Waals surface area (Å²) in [5.74, 6) is -0.197. The van der Waals surface area contributed by atoms with Gasteiger partial charge in [-0.1, -0.05) is 6.92 Å². The van der Waals surface area contributed by atoms with Gasteiger partial charge in [0.25, 0.3) is 0 Å². The number of nitrogens with zero attached hydrogens (tertiary/aromatic N) is 6. The molecule has 0 fully saturated rings. The molecule has 0 radical (unpaired) electrons. The number of carbonyl (C=O) groups excluding carboxylic acids is 1. The first-order valence-electron chi connectivity index (χ1n) is 7.78. The van der Waals surface area contributed by atoms with Gasteiger partial charge in [-0.15, -0.1) is 10.2 Å². The monoisotopic (exact) mass is 336 g/mol. The van der Waals surface area contributed by atoms with Gasteiger partial charge >= 0.3 is 0 Å². The zero-order chi connectivity index (χ0) is 17.4. The van der Waals surface area contributed by atoms with Gasteiger partial charge in [0.2, 0.25) is 0 Å². The second-order valence-electron chi connectivity index (χ2n) is 5.54. The Morgan fingerprint density at radius 3 is 2.76 bits per heavy atom. The largest absolute Gasteiger partial charge is 0.294 e. The molecule has 4 rings (SSSR count). The molecule has 0 saturated heterocycles. The van der Waals surface area contributed by atoms with Crippen molar-refractivity contribution in [3.05, 3.63) is 59.7 Å². The lowest BCUT2D eigenvalue weighted by Crippen LogP contribution is -2.09. The Morgan fingerprint density at radius 1 is 1.20 bits per heavy atom. The quantitative estimate of drug-likeness (QED) is 0.531. The van der Waals surface area contributed by atoms with E-state index in [4.69, 9.17) is 0 Å². The van der Waals surface area contributed by atoms with Crippen molar-refractivity contribution < 1.29 is 9.18 Å². The van der Waals surface area contributed by atoms with Gasteiger partial charge in [0.05, 0.1) is 18.3 Å². The molecular weight excluding hydrogens is 323 g/mol. The molecule has 0 spiro atoms. The van der Waals surface area contributed by atoms with E-state index in [0.29, 0.717) is 34.6 Å². The zero-order valence-electron chi connectivity index (χ0n) is 13.3. The molecule has 124 valence electrons. The number of aryl methyl sites for hydroxylation is 1. The highest BCUT2D eigenvalue weighted by atomic mass is 19.1. The fraction of sp³-hybridized carbons (Fsp3) is 0.176. The van der Waals surface area contributed by atoms with Crippen LogP contribution in [-0.4, -0.2) is 35.3 Å². The molecule has 3 aromatic heterocycles. The van der Waals surface area contributed by atoms with Gasteiger partial charge < -0.3 is 0 Å². The van der Waals surface area contributed by atoms with Crippen molar-refractivity contribution in [1.82, 2.24) is 29.5 Å². The molecule has 0 aliphatic heterocycles. The number of hydrogen-bond donors (Lipinski definition) is 0. The van der Waals surface area contributed by atoms with Gasteiger partial charge in [0, 0.05) is 5.56 Å². The lowest BCUT2D eigenvalue weighted by Gasteiger charge is -2.06. The number of Topliss-reactive ketones (excluding diaryl/α,β-unsaturated/α-hetero) is 1. The Bertz CT molecular complexity index is 1090. The van der Waals surface area contributed by atoms with Gasteiger partial charge in [-0.3, -0.25) is 9.20 Å². The third kappa shape index (κ3) is 2.71. The highest BCUT2D eigenvalue weighted by molar-refractivity contribution is 5.97. The van der Waals surface area contributed by atoms with Crippen molar-refractivity contribution in [1.29, 1.82) is 0 Å². The molecule has 0 unspecified atom stereocenters. The number of ketones is 1. The number of aromatic nitrogens is 6. The molecule has 0 aliphatic carbocycles. The van der Waals surface area contributed by atoms with Crippen molar-refractivity contribution in [3.8, 4) is 0 Å². The van der Waals surface area contributed by atoms with Crippen molar-refractivity contribution in [2.24, 2.45) is 0 Å². The number of rotatable bonds is 4. The van der Waals surface area contributed by atoms with Crippen LogP contribution < -0.4 is 0 Å². The molecule has 1 aromatic carbocycles. The first-order valence-corrected chi connectivity index (χ1v) is 7.78. The maximum atomic E-state index is 13.0. The van der Waals surface area contributed by atoms with Crippen LogP contribution in [-0.2, 0) is 12.8 Å². The van der Waals surface area contributed by atoms with Gasteiger partial charge in [0.1, 0.15) is 23.5 Å². The highest BCUT2D eigenvalue weighted by Crippen LogP contribution is 2.15. The van der Waals surface area contributed by atoms with Crippen molar-refractivity contribution in [2.75, 3.05) is 0 Å². The van der Waals surface area contributed by atoms with E-state index < -0.39 is 0 Å². The summed E-state index contributed by atoms with van der Waals surface area (Å²) >= 11 is 0. The fourth-order valence-corrected chi connectivity index (χ4v) is 2.64. The maximum Gasteiger partial charge on any atom is 0.183 e. The summed E-state index contributed by atoms with van der Waals surface area (Å²) in [5, 5.41) is 7.98. The minimum Gasteiger partial charge on any atom is -0.294 e. The topological polar surface area (TPSA) is 85.9 Å². The van der Waals surface area contributed by atoms with E-state index in [1.54, 1.807) is 16.9 Å². The predicted molar refractivity (Wildman–Crippen MR) is 87.7 cm³/mol. The Kier molecular flexibility index (Phi) is 3.64. The van der Waals surface area contributed by atoms with E-state index in [9.17, 15) is 9.18 Å². The number of hydrogen-bond acceptors (Lipinski definition) is 6. The summed E-state index contributed by atoms with van der Waals surface area (Å²) in [5.41, 5.74) is 3.03. The lowest BCUT2D eigenvalue weighted by molar-refractivity contribution is 0.0991. The first kappa shape index (κ1) is 15.3. The average Bonchev–Trinajstić information content (AvgIpc) is 3.11. The van der Waals surface area contributed by atoms with E-state index in [1.165, 1.54) is 24.3 Å². The molecule has 3 heterocycles. The summed E-state index contributed by atoms with van der Waals surface area (Å²) in [6.07, 6.45) is 3.90. The Hall–Kier alpha value is -3.29. The van der Waals surface area contributed by atoms with Crippen LogP contribution in [0.3, 0.4) is 0 Å². The SMILES string of the molecule is CCc1nc2nc(CC(=O)c3ccc(F)cc3)ncc2n2cnnc12. The van der Waals surface area contributed by atoms with Crippen LogP contribution in [0.15, 0.2) is 36.8 Å². The minimum atomic E-state index is -0.382. The van der Waals surface area contributed by atoms with Crippen LogP contribution in [0.25, 0.3) is 16.8 Å². The van der Waals surface area contributed by atoms with Gasteiger partial charge in [0.15, 0.2) is 17.1 Å². The van der Waals surface area contributed by atoms with Gasteiger partial charge in [-0.05, 0) is 30.7 Å². The number of halogens is 1. The van der Waals surface area contributed by atoms with Crippen LogP contribution >= 0.6 is 0 Å². The van der Waals surface area contributed by atoms with E-state index in [2.05, 4.69) is 25.1 Å². The number of fused-ring (bicyclic) bond motifs is 3. The molecule has 4 aromatic rings. The smallest absolute Gasteiger partial charge is 0.183 e. The molecule has 0 atom stereocenters. The molecule has 0 N–H and O–H groups in total. The summed E-state index contributed by atoms with van der Waals surface area (Å²) in [6.45, 7) is 1.98. The van der Waals surface area contributed by atoms with Crippen molar-refractivity contribution in [3.63, 3.8) is 0 Å². The second kappa shape index (κ2) is 5.97. The van der Waals surface area contributed by atoms with E-state index in [0.717, 1.165) is 5.69 Å². The van der Waals surface area contributed by atoms with E-state index in [-0.39, 0.29) is 18.0 Å². The van der Waals surface area contributed by atoms with Crippen molar-refractivity contribution in [2.45, 2.75) is 19.8 Å². The lowest BCUT2D eigenvalue weighted by atomic mass is 10.1. The second-order valence-corrected chi connectivity index (χ2v) is 5.54. The molecule has 0 amide bonds. The van der Waals surface area contributed by atoms with Crippen LogP contribution in [0.4, 0.5) is 4.39 Å². The standard InChI is InChI=1S/C17H13FN6O/c1-2-12-17-23-20-9-24(17)13-8-19-15(22-16(13)21-12)7-14(25)10-3-5-11(18)6-4-10/h3-6,8-9H,2,7H2,1H3. The van der Waals surface area contributed by atoms with E-state index in [1.807, 2.05) is 6.92 Å².